The van der Waals surface area contributed by atoms with Gasteiger partial charge in [-0.3, -0.25) is 4.79 Å². The fourth-order valence-electron chi connectivity index (χ4n) is 1.85. The van der Waals surface area contributed by atoms with Crippen molar-refractivity contribution in [3.63, 3.8) is 0 Å². The van der Waals surface area contributed by atoms with E-state index in [1.165, 1.54) is 14.2 Å². The van der Waals surface area contributed by atoms with E-state index in [1.54, 1.807) is 36.4 Å². The van der Waals surface area contributed by atoms with E-state index in [9.17, 15) is 4.79 Å². The summed E-state index contributed by atoms with van der Waals surface area (Å²) in [4.78, 5) is 12.2. The molecule has 0 unspecified atom stereocenters. The van der Waals surface area contributed by atoms with Gasteiger partial charge in [0.2, 0.25) is 0 Å². The Morgan fingerprint density at radius 1 is 1.14 bits per heavy atom. The molecule has 3 N–H and O–H groups in total. The molecule has 0 aliphatic rings. The lowest BCUT2D eigenvalue weighted by atomic mass is 10.1. The SMILES string of the molecule is COc1cc(OC)c(NC(=O)c2ccccc2N)cc1Cl. The second-order valence-corrected chi connectivity index (χ2v) is 4.64. The molecule has 6 heteroatoms. The number of carbonyl (C=O) groups excluding carboxylic acids is 1. The second-order valence-electron chi connectivity index (χ2n) is 4.23. The smallest absolute Gasteiger partial charge is 0.257 e. The molecule has 0 radical (unpaired) electrons. The number of halogens is 1. The maximum atomic E-state index is 12.2. The highest BCUT2D eigenvalue weighted by Crippen LogP contribution is 2.36. The van der Waals surface area contributed by atoms with E-state index >= 15 is 0 Å². The maximum absolute atomic E-state index is 12.2. The van der Waals surface area contributed by atoms with Crippen LogP contribution in [0, 0.1) is 0 Å². The van der Waals surface area contributed by atoms with Crippen LogP contribution >= 0.6 is 11.6 Å². The predicted molar refractivity (Wildman–Crippen MR) is 83.4 cm³/mol. The lowest BCUT2D eigenvalue weighted by Gasteiger charge is -2.13. The highest BCUT2D eigenvalue weighted by Gasteiger charge is 2.14. The Hall–Kier alpha value is -2.40. The van der Waals surface area contributed by atoms with E-state index in [0.717, 1.165) is 0 Å². The molecule has 21 heavy (non-hydrogen) atoms. The van der Waals surface area contributed by atoms with Gasteiger partial charge in [-0.15, -0.1) is 0 Å². The number of carbonyl (C=O) groups is 1. The van der Waals surface area contributed by atoms with Crippen LogP contribution in [0.5, 0.6) is 11.5 Å². The van der Waals surface area contributed by atoms with Gasteiger partial charge in [-0.2, -0.15) is 0 Å². The van der Waals surface area contributed by atoms with Crippen molar-refractivity contribution in [3.05, 3.63) is 47.0 Å². The molecule has 0 bridgehead atoms. The van der Waals surface area contributed by atoms with Gasteiger partial charge in [-0.05, 0) is 18.2 Å². The van der Waals surface area contributed by atoms with Crippen LogP contribution in [0.2, 0.25) is 5.02 Å². The van der Waals surface area contributed by atoms with Crippen molar-refractivity contribution in [2.45, 2.75) is 0 Å². The van der Waals surface area contributed by atoms with Gasteiger partial charge in [0, 0.05) is 11.8 Å². The third-order valence-corrected chi connectivity index (χ3v) is 3.22. The molecule has 0 fully saturated rings. The van der Waals surface area contributed by atoms with Crippen molar-refractivity contribution < 1.29 is 14.3 Å². The third kappa shape index (κ3) is 3.20. The molecule has 0 saturated heterocycles. The molecule has 0 spiro atoms. The molecule has 2 aromatic rings. The lowest BCUT2D eigenvalue weighted by molar-refractivity contribution is 0.102. The number of benzene rings is 2. The van der Waals surface area contributed by atoms with Gasteiger partial charge in [-0.1, -0.05) is 23.7 Å². The molecular weight excluding hydrogens is 292 g/mol. The van der Waals surface area contributed by atoms with Crippen LogP contribution in [-0.4, -0.2) is 20.1 Å². The first kappa shape index (κ1) is 15.0. The normalized spacial score (nSPS) is 10.0. The Balaban J connectivity index is 2.33. The van der Waals surface area contributed by atoms with E-state index in [4.69, 9.17) is 26.8 Å². The van der Waals surface area contributed by atoms with Gasteiger partial charge < -0.3 is 20.5 Å². The van der Waals surface area contributed by atoms with E-state index in [1.807, 2.05) is 0 Å². The number of ether oxygens (including phenoxy) is 2. The number of methoxy groups -OCH3 is 2. The van der Waals surface area contributed by atoms with Gasteiger partial charge in [0.15, 0.2) is 0 Å². The Labute approximate surface area is 127 Å². The molecule has 0 atom stereocenters. The molecule has 2 aromatic carbocycles. The van der Waals surface area contributed by atoms with Crippen LogP contribution in [-0.2, 0) is 0 Å². The van der Waals surface area contributed by atoms with Crippen LogP contribution in [0.1, 0.15) is 10.4 Å². The van der Waals surface area contributed by atoms with Crippen LogP contribution < -0.4 is 20.5 Å². The summed E-state index contributed by atoms with van der Waals surface area (Å²) in [5.41, 5.74) is 7.00. The van der Waals surface area contributed by atoms with E-state index in [2.05, 4.69) is 5.32 Å². The number of para-hydroxylation sites is 1. The standard InChI is InChI=1S/C15H15ClN2O3/c1-20-13-8-14(21-2)12(7-10(13)16)18-15(19)9-5-3-4-6-11(9)17/h3-8H,17H2,1-2H3,(H,18,19). The van der Waals surface area contributed by atoms with Crippen LogP contribution in [0.25, 0.3) is 0 Å². The first-order chi connectivity index (χ1) is 10.1. The molecular formula is C15H15ClN2O3. The van der Waals surface area contributed by atoms with Crippen molar-refractivity contribution in [2.75, 3.05) is 25.3 Å². The molecule has 0 saturated carbocycles. The van der Waals surface area contributed by atoms with Gasteiger partial charge in [0.25, 0.3) is 5.91 Å². The molecule has 2 rings (SSSR count). The Morgan fingerprint density at radius 2 is 1.81 bits per heavy atom. The second kappa shape index (κ2) is 6.37. The monoisotopic (exact) mass is 306 g/mol. The zero-order valence-corrected chi connectivity index (χ0v) is 12.4. The molecule has 0 aromatic heterocycles. The third-order valence-electron chi connectivity index (χ3n) is 2.93. The summed E-state index contributed by atoms with van der Waals surface area (Å²) in [7, 11) is 3.00. The highest BCUT2D eigenvalue weighted by molar-refractivity contribution is 6.32. The number of hydrogen-bond donors (Lipinski definition) is 2. The molecule has 110 valence electrons. The largest absolute Gasteiger partial charge is 0.495 e. The van der Waals surface area contributed by atoms with Crippen molar-refractivity contribution in [2.24, 2.45) is 0 Å². The Bertz CT molecular complexity index is 674. The summed E-state index contributed by atoms with van der Waals surface area (Å²) in [6.07, 6.45) is 0. The lowest BCUT2D eigenvalue weighted by Crippen LogP contribution is -2.14. The van der Waals surface area contributed by atoms with Gasteiger partial charge in [-0.25, -0.2) is 0 Å². The minimum absolute atomic E-state index is 0.340. The summed E-state index contributed by atoms with van der Waals surface area (Å²) in [5, 5.41) is 3.10. The van der Waals surface area contributed by atoms with Crippen LogP contribution in [0.15, 0.2) is 36.4 Å². The number of nitrogens with two attached hydrogens (primary N) is 1. The molecule has 1 amide bonds. The number of nitrogens with one attached hydrogen (secondary N) is 1. The molecule has 0 heterocycles. The highest BCUT2D eigenvalue weighted by atomic mass is 35.5. The number of amides is 1. The Morgan fingerprint density at radius 3 is 2.43 bits per heavy atom. The van der Waals surface area contributed by atoms with E-state index < -0.39 is 0 Å². The molecule has 0 aliphatic heterocycles. The first-order valence-corrected chi connectivity index (χ1v) is 6.52. The maximum Gasteiger partial charge on any atom is 0.257 e. The van der Waals surface area contributed by atoms with Crippen molar-refractivity contribution in [1.29, 1.82) is 0 Å². The van der Waals surface area contributed by atoms with Crippen molar-refractivity contribution in [3.8, 4) is 11.5 Å². The van der Waals surface area contributed by atoms with Gasteiger partial charge in [0.05, 0.1) is 30.5 Å². The quantitative estimate of drug-likeness (QED) is 0.851. The minimum atomic E-state index is -0.340. The average Bonchev–Trinajstić information content (AvgIpc) is 2.48. The van der Waals surface area contributed by atoms with Crippen LogP contribution in [0.4, 0.5) is 11.4 Å². The zero-order valence-electron chi connectivity index (χ0n) is 11.6. The Kier molecular flexibility index (Phi) is 4.55. The summed E-state index contributed by atoms with van der Waals surface area (Å²) in [5.74, 6) is 0.567. The molecule has 5 nitrogen and oxygen atoms in total. The summed E-state index contributed by atoms with van der Waals surface area (Å²) in [6.45, 7) is 0. The summed E-state index contributed by atoms with van der Waals surface area (Å²) >= 11 is 6.06. The van der Waals surface area contributed by atoms with Crippen LogP contribution in [0.3, 0.4) is 0 Å². The average molecular weight is 307 g/mol. The zero-order chi connectivity index (χ0) is 15.4. The van der Waals surface area contributed by atoms with E-state index in [-0.39, 0.29) is 5.91 Å². The van der Waals surface area contributed by atoms with Gasteiger partial charge >= 0.3 is 0 Å². The van der Waals surface area contributed by atoms with E-state index in [0.29, 0.717) is 33.5 Å². The summed E-state index contributed by atoms with van der Waals surface area (Å²) in [6, 6.07) is 9.97. The number of rotatable bonds is 4. The van der Waals surface area contributed by atoms with Crippen molar-refractivity contribution >= 4 is 28.9 Å². The fraction of sp³-hybridized carbons (Fsp3) is 0.133. The summed E-state index contributed by atoms with van der Waals surface area (Å²) < 4.78 is 10.3. The molecule has 0 aliphatic carbocycles. The van der Waals surface area contributed by atoms with Crippen molar-refractivity contribution in [1.82, 2.24) is 0 Å². The number of hydrogen-bond acceptors (Lipinski definition) is 4. The topological polar surface area (TPSA) is 73.6 Å². The first-order valence-electron chi connectivity index (χ1n) is 6.14. The minimum Gasteiger partial charge on any atom is -0.495 e. The number of anilines is 2. The van der Waals surface area contributed by atoms with Gasteiger partial charge in [0.1, 0.15) is 11.5 Å². The number of nitrogen functional groups attached to an aromatic ring is 1. The predicted octanol–water partition coefficient (Wildman–Crippen LogP) is 3.19. The fourth-order valence-corrected chi connectivity index (χ4v) is 2.09.